The Morgan fingerprint density at radius 2 is 2.05 bits per heavy atom. The highest BCUT2D eigenvalue weighted by molar-refractivity contribution is 7.19. The lowest BCUT2D eigenvalue weighted by atomic mass is 10.2. The van der Waals surface area contributed by atoms with E-state index in [0.717, 1.165) is 11.5 Å². The van der Waals surface area contributed by atoms with Crippen LogP contribution in [0.1, 0.15) is 47.4 Å². The molecule has 21 heavy (non-hydrogen) atoms. The number of aliphatic carboxylic acids is 1. The van der Waals surface area contributed by atoms with E-state index in [9.17, 15) is 9.59 Å². The Labute approximate surface area is 126 Å². The van der Waals surface area contributed by atoms with Crippen molar-refractivity contribution in [1.29, 1.82) is 0 Å². The fourth-order valence-electron chi connectivity index (χ4n) is 2.04. The Morgan fingerprint density at radius 1 is 1.38 bits per heavy atom. The van der Waals surface area contributed by atoms with Crippen LogP contribution in [0.2, 0.25) is 0 Å². The Kier molecular flexibility index (Phi) is 4.26. The maximum absolute atomic E-state index is 12.4. The van der Waals surface area contributed by atoms with Gasteiger partial charge in [0.1, 0.15) is 10.7 Å². The molecule has 114 valence electrons. The van der Waals surface area contributed by atoms with E-state index in [-0.39, 0.29) is 24.8 Å². The molecule has 0 unspecified atom stereocenters. The number of aryl methyl sites for hydroxylation is 1. The number of hydrogen-bond acceptors (Lipinski definition) is 5. The molecule has 2 aromatic rings. The minimum absolute atomic E-state index is 0.0669. The molecular formula is C13H18N4O3S. The number of carboxylic acids is 1. The second-order valence-electron chi connectivity index (χ2n) is 5.22. The molecule has 8 heteroatoms. The van der Waals surface area contributed by atoms with Crippen LogP contribution in [0.15, 0.2) is 0 Å². The molecule has 1 amide bonds. The average molecular weight is 310 g/mol. The highest BCUT2D eigenvalue weighted by Crippen LogP contribution is 2.26. The van der Waals surface area contributed by atoms with Gasteiger partial charge in [0.2, 0.25) is 4.96 Å². The molecule has 2 aromatic heterocycles. The number of thiazole rings is 1. The van der Waals surface area contributed by atoms with Gasteiger partial charge >= 0.3 is 5.97 Å². The van der Waals surface area contributed by atoms with Gasteiger partial charge in [-0.1, -0.05) is 25.2 Å². The summed E-state index contributed by atoms with van der Waals surface area (Å²) in [5.74, 6) is -0.0652. The van der Waals surface area contributed by atoms with Crippen molar-refractivity contribution in [2.75, 3.05) is 13.6 Å². The van der Waals surface area contributed by atoms with Crippen molar-refractivity contribution in [2.24, 2.45) is 0 Å². The molecule has 1 N–H and O–H groups in total. The van der Waals surface area contributed by atoms with E-state index < -0.39 is 5.97 Å². The Hall–Kier alpha value is -1.96. The zero-order valence-corrected chi connectivity index (χ0v) is 13.3. The van der Waals surface area contributed by atoms with Crippen LogP contribution in [-0.2, 0) is 4.79 Å². The summed E-state index contributed by atoms with van der Waals surface area (Å²) < 4.78 is 1.90. The molecule has 2 rings (SSSR count). The first-order valence-corrected chi connectivity index (χ1v) is 7.46. The van der Waals surface area contributed by atoms with Crippen LogP contribution in [0.3, 0.4) is 0 Å². The van der Waals surface area contributed by atoms with E-state index in [1.54, 1.807) is 7.05 Å². The van der Waals surface area contributed by atoms with Crippen molar-refractivity contribution >= 4 is 28.2 Å². The minimum Gasteiger partial charge on any atom is -0.481 e. The molecule has 7 nitrogen and oxygen atoms in total. The Morgan fingerprint density at radius 3 is 2.62 bits per heavy atom. The molecule has 0 spiro atoms. The van der Waals surface area contributed by atoms with E-state index in [0.29, 0.717) is 9.84 Å². The molecule has 0 aliphatic heterocycles. The second-order valence-corrected chi connectivity index (χ2v) is 6.20. The second kappa shape index (κ2) is 5.80. The highest BCUT2D eigenvalue weighted by atomic mass is 32.1. The maximum atomic E-state index is 12.4. The fraction of sp³-hybridized carbons (Fsp3) is 0.538. The largest absolute Gasteiger partial charge is 0.481 e. The van der Waals surface area contributed by atoms with Gasteiger partial charge in [-0.2, -0.15) is 0 Å². The summed E-state index contributed by atoms with van der Waals surface area (Å²) in [5, 5.41) is 16.9. The predicted octanol–water partition coefficient (Wildman–Crippen LogP) is 1.77. The van der Waals surface area contributed by atoms with Crippen LogP contribution in [0, 0.1) is 6.92 Å². The first-order valence-electron chi connectivity index (χ1n) is 6.64. The molecule has 0 saturated carbocycles. The summed E-state index contributed by atoms with van der Waals surface area (Å²) in [6, 6.07) is 0. The lowest BCUT2D eigenvalue weighted by Gasteiger charge is -2.15. The SMILES string of the molecule is Cc1c(C(=O)N(C)CCC(=O)O)sc2nnc(C(C)C)n12. The number of nitrogens with zero attached hydrogens (tertiary/aromatic N) is 4. The lowest BCUT2D eigenvalue weighted by molar-refractivity contribution is -0.137. The van der Waals surface area contributed by atoms with Crippen LogP contribution in [0.5, 0.6) is 0 Å². The van der Waals surface area contributed by atoms with Gasteiger partial charge in [-0.3, -0.25) is 14.0 Å². The predicted molar refractivity (Wildman–Crippen MR) is 78.9 cm³/mol. The molecule has 0 fully saturated rings. The molecule has 0 bridgehead atoms. The van der Waals surface area contributed by atoms with Gasteiger partial charge < -0.3 is 10.0 Å². The quantitative estimate of drug-likeness (QED) is 0.909. The number of carboxylic acid groups (broad SMARTS) is 1. The zero-order chi connectivity index (χ0) is 15.7. The highest BCUT2D eigenvalue weighted by Gasteiger charge is 2.23. The summed E-state index contributed by atoms with van der Waals surface area (Å²) in [4.78, 5) is 25.7. The number of fused-ring (bicyclic) bond motifs is 1. The standard InChI is InChI=1S/C13H18N4O3S/c1-7(2)11-14-15-13-17(11)8(3)10(21-13)12(20)16(4)6-5-9(18)19/h7H,5-6H2,1-4H3,(H,18,19). The number of aromatic nitrogens is 3. The summed E-state index contributed by atoms with van der Waals surface area (Å²) in [6.07, 6.45) is -0.0669. The summed E-state index contributed by atoms with van der Waals surface area (Å²) in [7, 11) is 1.61. The number of carbonyl (C=O) groups excluding carboxylic acids is 1. The first kappa shape index (κ1) is 15.4. The van der Waals surface area contributed by atoms with Crippen LogP contribution >= 0.6 is 11.3 Å². The molecule has 0 atom stereocenters. The van der Waals surface area contributed by atoms with Crippen LogP contribution in [0.25, 0.3) is 4.96 Å². The van der Waals surface area contributed by atoms with Crippen molar-refractivity contribution in [1.82, 2.24) is 19.5 Å². The number of amides is 1. The van der Waals surface area contributed by atoms with Crippen LogP contribution in [-0.4, -0.2) is 50.1 Å². The van der Waals surface area contributed by atoms with E-state index in [4.69, 9.17) is 5.11 Å². The third kappa shape index (κ3) is 2.90. The topological polar surface area (TPSA) is 87.8 Å². The molecule has 2 heterocycles. The molecule has 0 aliphatic rings. The van der Waals surface area contributed by atoms with E-state index >= 15 is 0 Å². The van der Waals surface area contributed by atoms with Crippen molar-refractivity contribution in [2.45, 2.75) is 33.1 Å². The molecular weight excluding hydrogens is 292 g/mol. The van der Waals surface area contributed by atoms with Gasteiger partial charge in [0.05, 0.1) is 6.42 Å². The van der Waals surface area contributed by atoms with Crippen LogP contribution < -0.4 is 0 Å². The molecule has 0 aromatic carbocycles. The number of rotatable bonds is 5. The Balaban J connectivity index is 2.32. The summed E-state index contributed by atoms with van der Waals surface area (Å²) in [5.41, 5.74) is 0.802. The van der Waals surface area contributed by atoms with E-state index in [2.05, 4.69) is 10.2 Å². The zero-order valence-electron chi connectivity index (χ0n) is 12.5. The third-order valence-corrected chi connectivity index (χ3v) is 4.36. The summed E-state index contributed by atoms with van der Waals surface area (Å²) in [6.45, 7) is 6.09. The molecule has 0 radical (unpaired) electrons. The van der Waals surface area contributed by atoms with Gasteiger partial charge in [-0.15, -0.1) is 10.2 Å². The normalized spacial score (nSPS) is 11.3. The number of carbonyl (C=O) groups is 2. The van der Waals surface area contributed by atoms with Crippen molar-refractivity contribution < 1.29 is 14.7 Å². The van der Waals surface area contributed by atoms with Crippen molar-refractivity contribution in [3.05, 3.63) is 16.4 Å². The van der Waals surface area contributed by atoms with E-state index in [1.165, 1.54) is 16.2 Å². The minimum atomic E-state index is -0.918. The van der Waals surface area contributed by atoms with Gasteiger partial charge in [-0.05, 0) is 6.92 Å². The third-order valence-electron chi connectivity index (χ3n) is 3.23. The van der Waals surface area contributed by atoms with Gasteiger partial charge in [0, 0.05) is 25.2 Å². The van der Waals surface area contributed by atoms with Crippen LogP contribution in [0.4, 0.5) is 0 Å². The lowest BCUT2D eigenvalue weighted by Crippen LogP contribution is -2.29. The van der Waals surface area contributed by atoms with Crippen molar-refractivity contribution in [3.63, 3.8) is 0 Å². The number of hydrogen-bond donors (Lipinski definition) is 1. The first-order chi connectivity index (χ1) is 9.82. The fourth-order valence-corrected chi connectivity index (χ4v) is 3.11. The van der Waals surface area contributed by atoms with Gasteiger partial charge in [0.25, 0.3) is 5.91 Å². The molecule has 0 saturated heterocycles. The summed E-state index contributed by atoms with van der Waals surface area (Å²) >= 11 is 1.28. The van der Waals surface area contributed by atoms with Gasteiger partial charge in [-0.25, -0.2) is 0 Å². The smallest absolute Gasteiger partial charge is 0.305 e. The Bertz CT molecular complexity index is 689. The average Bonchev–Trinajstić information content (AvgIpc) is 2.96. The van der Waals surface area contributed by atoms with Gasteiger partial charge in [0.15, 0.2) is 0 Å². The molecule has 0 aliphatic carbocycles. The monoisotopic (exact) mass is 310 g/mol. The maximum Gasteiger partial charge on any atom is 0.305 e. The van der Waals surface area contributed by atoms with E-state index in [1.807, 2.05) is 25.2 Å². The van der Waals surface area contributed by atoms with Crippen molar-refractivity contribution in [3.8, 4) is 0 Å².